The van der Waals surface area contributed by atoms with E-state index < -0.39 is 0 Å². The predicted octanol–water partition coefficient (Wildman–Crippen LogP) is 2.91. The Morgan fingerprint density at radius 3 is 3.07 bits per heavy atom. The molecule has 0 amide bonds. The predicted molar refractivity (Wildman–Crippen MR) is 62.5 cm³/mol. The highest BCUT2D eigenvalue weighted by atomic mass is 32.1. The topological polar surface area (TPSA) is 25.2 Å². The highest BCUT2D eigenvalue weighted by molar-refractivity contribution is 7.20. The SMILES string of the molecule is CCc1ccc2nc(C=NC)sc2c1. The normalized spacial score (nSPS) is 11.6. The Bertz CT molecular complexity index is 471. The van der Waals surface area contributed by atoms with Gasteiger partial charge in [-0.3, -0.25) is 4.99 Å². The van der Waals surface area contributed by atoms with Crippen LogP contribution >= 0.6 is 11.3 Å². The van der Waals surface area contributed by atoms with E-state index in [0.29, 0.717) is 0 Å². The van der Waals surface area contributed by atoms with Crippen LogP contribution < -0.4 is 0 Å². The molecule has 0 saturated heterocycles. The molecule has 72 valence electrons. The van der Waals surface area contributed by atoms with Crippen LogP contribution in [0.4, 0.5) is 0 Å². The van der Waals surface area contributed by atoms with Gasteiger partial charge in [-0.15, -0.1) is 11.3 Å². The summed E-state index contributed by atoms with van der Waals surface area (Å²) in [7, 11) is 1.77. The first-order chi connectivity index (χ1) is 6.83. The van der Waals surface area contributed by atoms with Gasteiger partial charge in [0.2, 0.25) is 0 Å². The number of thiazole rings is 1. The Morgan fingerprint density at radius 2 is 2.36 bits per heavy atom. The maximum atomic E-state index is 4.45. The second-order valence-corrected chi connectivity index (χ2v) is 4.16. The summed E-state index contributed by atoms with van der Waals surface area (Å²) in [6.07, 6.45) is 2.88. The molecule has 0 saturated carbocycles. The van der Waals surface area contributed by atoms with E-state index in [1.165, 1.54) is 10.3 Å². The van der Waals surface area contributed by atoms with Crippen molar-refractivity contribution >= 4 is 27.8 Å². The van der Waals surface area contributed by atoms with E-state index in [1.54, 1.807) is 24.6 Å². The molecule has 2 nitrogen and oxygen atoms in total. The van der Waals surface area contributed by atoms with Crippen LogP contribution in [0.1, 0.15) is 17.5 Å². The van der Waals surface area contributed by atoms with Gasteiger partial charge in [-0.2, -0.15) is 0 Å². The number of aliphatic imine (C=N–C) groups is 1. The number of nitrogens with zero attached hydrogens (tertiary/aromatic N) is 2. The summed E-state index contributed by atoms with van der Waals surface area (Å²) in [4.78, 5) is 8.41. The molecule has 2 rings (SSSR count). The molecule has 1 heterocycles. The fourth-order valence-electron chi connectivity index (χ4n) is 1.37. The van der Waals surface area contributed by atoms with Crippen molar-refractivity contribution in [2.45, 2.75) is 13.3 Å². The zero-order chi connectivity index (χ0) is 9.97. The fraction of sp³-hybridized carbons (Fsp3) is 0.273. The van der Waals surface area contributed by atoms with Crippen molar-refractivity contribution in [2.24, 2.45) is 4.99 Å². The van der Waals surface area contributed by atoms with Crippen LogP contribution in [0.15, 0.2) is 23.2 Å². The molecule has 0 spiro atoms. The van der Waals surface area contributed by atoms with E-state index in [0.717, 1.165) is 16.9 Å². The summed E-state index contributed by atoms with van der Waals surface area (Å²) in [5.74, 6) is 0. The lowest BCUT2D eigenvalue weighted by Crippen LogP contribution is -1.78. The Morgan fingerprint density at radius 1 is 1.50 bits per heavy atom. The van der Waals surface area contributed by atoms with Crippen molar-refractivity contribution in [2.75, 3.05) is 7.05 Å². The minimum Gasteiger partial charge on any atom is -0.293 e. The van der Waals surface area contributed by atoms with Gasteiger partial charge in [-0.1, -0.05) is 13.0 Å². The zero-order valence-electron chi connectivity index (χ0n) is 8.32. The maximum absolute atomic E-state index is 4.45. The molecule has 0 fully saturated rings. The molecule has 14 heavy (non-hydrogen) atoms. The smallest absolute Gasteiger partial charge is 0.135 e. The highest BCUT2D eigenvalue weighted by Gasteiger charge is 2.01. The summed E-state index contributed by atoms with van der Waals surface area (Å²) in [5, 5.41) is 0.982. The van der Waals surface area contributed by atoms with Crippen molar-refractivity contribution in [1.82, 2.24) is 4.98 Å². The number of rotatable bonds is 2. The van der Waals surface area contributed by atoms with Crippen LogP contribution in [0.2, 0.25) is 0 Å². The number of benzene rings is 1. The van der Waals surface area contributed by atoms with Crippen molar-refractivity contribution in [3.63, 3.8) is 0 Å². The Hall–Kier alpha value is -1.22. The molecule has 0 atom stereocenters. The van der Waals surface area contributed by atoms with Crippen LogP contribution in [-0.4, -0.2) is 18.2 Å². The third-order valence-corrected chi connectivity index (χ3v) is 3.07. The minimum atomic E-state index is 0.982. The Kier molecular flexibility index (Phi) is 2.59. The van der Waals surface area contributed by atoms with Gasteiger partial charge in [0.15, 0.2) is 0 Å². The lowest BCUT2D eigenvalue weighted by molar-refractivity contribution is 1.15. The molecule has 0 radical (unpaired) electrons. The highest BCUT2D eigenvalue weighted by Crippen LogP contribution is 2.22. The maximum Gasteiger partial charge on any atom is 0.135 e. The molecule has 3 heteroatoms. The standard InChI is InChI=1S/C11H12N2S/c1-3-8-4-5-9-10(6-8)14-11(13-9)7-12-2/h4-7H,3H2,1-2H3. The van der Waals surface area contributed by atoms with E-state index >= 15 is 0 Å². The number of hydrogen-bond acceptors (Lipinski definition) is 3. The Balaban J connectivity index is 2.54. The van der Waals surface area contributed by atoms with Gasteiger partial charge in [0.05, 0.1) is 16.4 Å². The third kappa shape index (κ3) is 1.68. The van der Waals surface area contributed by atoms with E-state index in [2.05, 4.69) is 35.1 Å². The number of hydrogen-bond donors (Lipinski definition) is 0. The first-order valence-corrected chi connectivity index (χ1v) is 5.46. The van der Waals surface area contributed by atoms with Crippen molar-refractivity contribution in [1.29, 1.82) is 0 Å². The summed E-state index contributed by atoms with van der Waals surface area (Å²) < 4.78 is 1.25. The summed E-state index contributed by atoms with van der Waals surface area (Å²) in [6, 6.07) is 6.42. The van der Waals surface area contributed by atoms with E-state index in [-0.39, 0.29) is 0 Å². The van der Waals surface area contributed by atoms with Crippen LogP contribution in [-0.2, 0) is 6.42 Å². The molecule has 0 aliphatic carbocycles. The van der Waals surface area contributed by atoms with Crippen LogP contribution in [0.5, 0.6) is 0 Å². The van der Waals surface area contributed by atoms with Gasteiger partial charge >= 0.3 is 0 Å². The largest absolute Gasteiger partial charge is 0.293 e. The molecule has 0 unspecified atom stereocenters. The van der Waals surface area contributed by atoms with E-state index in [1.807, 2.05) is 0 Å². The number of aryl methyl sites for hydroxylation is 1. The molecule has 0 aliphatic rings. The summed E-state index contributed by atoms with van der Waals surface area (Å²) in [5.41, 5.74) is 2.43. The first kappa shape index (κ1) is 9.34. The quantitative estimate of drug-likeness (QED) is 0.690. The minimum absolute atomic E-state index is 0.982. The molecule has 0 N–H and O–H groups in total. The van der Waals surface area contributed by atoms with Crippen LogP contribution in [0, 0.1) is 0 Å². The van der Waals surface area contributed by atoms with Crippen molar-refractivity contribution in [3.8, 4) is 0 Å². The average molecular weight is 204 g/mol. The molecule has 1 aromatic heterocycles. The van der Waals surface area contributed by atoms with E-state index in [9.17, 15) is 0 Å². The number of aromatic nitrogens is 1. The first-order valence-electron chi connectivity index (χ1n) is 4.65. The fourth-order valence-corrected chi connectivity index (χ4v) is 2.33. The molecule has 1 aromatic carbocycles. The summed E-state index contributed by atoms with van der Waals surface area (Å²) >= 11 is 1.69. The van der Waals surface area contributed by atoms with Gasteiger partial charge in [0.25, 0.3) is 0 Å². The second kappa shape index (κ2) is 3.88. The second-order valence-electron chi connectivity index (χ2n) is 3.10. The van der Waals surface area contributed by atoms with Crippen molar-refractivity contribution in [3.05, 3.63) is 28.8 Å². The lowest BCUT2D eigenvalue weighted by atomic mass is 10.2. The van der Waals surface area contributed by atoms with Crippen molar-refractivity contribution < 1.29 is 0 Å². The molecular formula is C11H12N2S. The molecule has 0 bridgehead atoms. The van der Waals surface area contributed by atoms with Crippen LogP contribution in [0.3, 0.4) is 0 Å². The summed E-state index contributed by atoms with van der Waals surface area (Å²) in [6.45, 7) is 2.16. The van der Waals surface area contributed by atoms with E-state index in [4.69, 9.17) is 0 Å². The lowest BCUT2D eigenvalue weighted by Gasteiger charge is -1.93. The van der Waals surface area contributed by atoms with Gasteiger partial charge in [-0.25, -0.2) is 4.98 Å². The van der Waals surface area contributed by atoms with Gasteiger partial charge in [0.1, 0.15) is 5.01 Å². The molecular weight excluding hydrogens is 192 g/mol. The van der Waals surface area contributed by atoms with Gasteiger partial charge in [0, 0.05) is 7.05 Å². The monoisotopic (exact) mass is 204 g/mol. The zero-order valence-corrected chi connectivity index (χ0v) is 9.14. The molecule has 0 aliphatic heterocycles. The average Bonchev–Trinajstić information content (AvgIpc) is 2.59. The third-order valence-electron chi connectivity index (χ3n) is 2.12. The van der Waals surface area contributed by atoms with Gasteiger partial charge in [-0.05, 0) is 24.1 Å². The number of fused-ring (bicyclic) bond motifs is 1. The van der Waals surface area contributed by atoms with Crippen LogP contribution in [0.25, 0.3) is 10.2 Å². The Labute approximate surface area is 87.3 Å². The molecule has 2 aromatic rings. The van der Waals surface area contributed by atoms with Gasteiger partial charge < -0.3 is 0 Å².